The molecule has 87 heavy (non-hydrogen) atoms. The van der Waals surface area contributed by atoms with Crippen molar-refractivity contribution >= 4 is 39.5 Å². The van der Waals surface area contributed by atoms with E-state index in [9.17, 15) is 43.2 Å². The highest BCUT2D eigenvalue weighted by atomic mass is 31.2. The van der Waals surface area contributed by atoms with Crippen molar-refractivity contribution in [1.82, 2.24) is 0 Å². The molecule has 0 aliphatic heterocycles. The molecule has 0 rings (SSSR count). The van der Waals surface area contributed by atoms with Crippen molar-refractivity contribution in [1.29, 1.82) is 0 Å². The van der Waals surface area contributed by atoms with Crippen molar-refractivity contribution in [3.63, 3.8) is 0 Å². The maximum atomic E-state index is 13.0. The first-order valence-corrected chi connectivity index (χ1v) is 37.8. The molecule has 0 heterocycles. The molecule has 8 atom stereocenters. The smallest absolute Gasteiger partial charge is 0.462 e. The van der Waals surface area contributed by atoms with Crippen molar-refractivity contribution in [2.75, 3.05) is 39.6 Å². The van der Waals surface area contributed by atoms with Gasteiger partial charge >= 0.3 is 39.5 Å². The third-order valence-electron chi connectivity index (χ3n) is 16.1. The summed E-state index contributed by atoms with van der Waals surface area (Å²) in [5.41, 5.74) is 0. The van der Waals surface area contributed by atoms with Gasteiger partial charge in [0.25, 0.3) is 0 Å². The molecule has 0 aliphatic carbocycles. The number of esters is 4. The van der Waals surface area contributed by atoms with E-state index in [1.165, 1.54) is 96.3 Å². The zero-order valence-electron chi connectivity index (χ0n) is 56.0. The molecule has 0 aliphatic rings. The lowest BCUT2D eigenvalue weighted by atomic mass is 9.99. The van der Waals surface area contributed by atoms with E-state index < -0.39 is 97.5 Å². The number of ether oxygens (including phenoxy) is 4. The summed E-state index contributed by atoms with van der Waals surface area (Å²) in [4.78, 5) is 72.4. The normalized spacial score (nSPS) is 15.4. The average Bonchev–Trinajstić information content (AvgIpc) is 3.71. The van der Waals surface area contributed by atoms with Crippen LogP contribution in [0.1, 0.15) is 312 Å². The number of aliphatic hydroxyl groups excluding tert-OH is 1. The SMILES string of the molecule is CCCCCC/C=C\C=C/CCCCCCCC(=O)OC[C@H](COP(=O)(O)OC[C@@H](O)COP(=O)(O)OC[C@@H](COC(=O)CCCCCCCCC(C)CC)OC(=O)CCCCCCCCC(C)CC)OC(=O)CCCCCCCCCCC(C)CC. The van der Waals surface area contributed by atoms with E-state index in [1.807, 2.05) is 0 Å². The molecular weight excluding hydrogens is 1150 g/mol. The van der Waals surface area contributed by atoms with E-state index in [1.54, 1.807) is 0 Å². The van der Waals surface area contributed by atoms with Crippen LogP contribution in [0.3, 0.4) is 0 Å². The minimum absolute atomic E-state index is 0.0974. The average molecular weight is 1280 g/mol. The van der Waals surface area contributed by atoms with Crippen LogP contribution in [0.15, 0.2) is 24.3 Å². The first kappa shape index (κ1) is 84.5. The van der Waals surface area contributed by atoms with Crippen LogP contribution in [-0.2, 0) is 65.4 Å². The van der Waals surface area contributed by atoms with Gasteiger partial charge in [-0.2, -0.15) is 0 Å². The van der Waals surface area contributed by atoms with Crippen molar-refractivity contribution in [3.8, 4) is 0 Å². The van der Waals surface area contributed by atoms with Gasteiger partial charge in [-0.1, -0.05) is 259 Å². The number of aliphatic hydroxyl groups is 1. The molecule has 17 nitrogen and oxygen atoms in total. The third kappa shape index (κ3) is 58.4. The van der Waals surface area contributed by atoms with Gasteiger partial charge in [0.15, 0.2) is 12.2 Å². The fraction of sp³-hybridized carbons (Fsp3) is 0.882. The topological polar surface area (TPSA) is 237 Å². The number of phosphoric acid groups is 2. The molecule has 0 saturated carbocycles. The van der Waals surface area contributed by atoms with Crippen LogP contribution in [0.5, 0.6) is 0 Å². The molecule has 0 aromatic carbocycles. The minimum atomic E-state index is -4.96. The van der Waals surface area contributed by atoms with Crippen LogP contribution >= 0.6 is 15.6 Å². The summed E-state index contributed by atoms with van der Waals surface area (Å²) in [6, 6.07) is 0. The molecule has 512 valence electrons. The van der Waals surface area contributed by atoms with Crippen LogP contribution < -0.4 is 0 Å². The summed E-state index contributed by atoms with van der Waals surface area (Å²) in [7, 11) is -9.91. The molecular formula is C68H128O17P2. The first-order valence-electron chi connectivity index (χ1n) is 34.8. The molecule has 0 spiro atoms. The Morgan fingerprint density at radius 3 is 0.966 bits per heavy atom. The Hall–Kier alpha value is -2.46. The Balaban J connectivity index is 5.29. The summed E-state index contributed by atoms with van der Waals surface area (Å²) in [5.74, 6) is 0.0485. The van der Waals surface area contributed by atoms with Crippen molar-refractivity contribution in [3.05, 3.63) is 24.3 Å². The molecule has 0 amide bonds. The first-order chi connectivity index (χ1) is 41.8. The lowest BCUT2D eigenvalue weighted by Crippen LogP contribution is -2.30. The summed E-state index contributed by atoms with van der Waals surface area (Å²) in [5, 5.41) is 10.6. The molecule has 19 heteroatoms. The van der Waals surface area contributed by atoms with E-state index in [0.717, 1.165) is 133 Å². The highest BCUT2D eigenvalue weighted by Crippen LogP contribution is 2.45. The quantitative estimate of drug-likeness (QED) is 0.0169. The summed E-state index contributed by atoms with van der Waals surface area (Å²) in [6.45, 7) is 11.7. The number of allylic oxidation sites excluding steroid dienone is 4. The zero-order valence-corrected chi connectivity index (χ0v) is 57.7. The standard InChI is InChI=1S/C68H128O17P2/c1-8-12-13-14-15-16-17-18-19-20-21-22-26-35-42-49-65(70)78-55-63(84-67(72)51-44-37-27-24-23-25-32-39-46-59(5)9-2)57-82-86(74,75)80-53-62(69)54-81-87(76,77)83-58-64(85-68(73)52-45-38-31-29-34-41-48-61(7)11-4)56-79-66(71)50-43-36-30-28-33-40-47-60(6)10-3/h16-19,59-64,69H,8-15,20-58H2,1-7H3,(H,74,75)(H,76,77)/b17-16-,19-18-/t59?,60?,61?,62-,63-,64-/m1/s1. The predicted octanol–water partition coefficient (Wildman–Crippen LogP) is 18.6. The van der Waals surface area contributed by atoms with Gasteiger partial charge < -0.3 is 33.8 Å². The third-order valence-corrected chi connectivity index (χ3v) is 18.0. The van der Waals surface area contributed by atoms with E-state index in [4.69, 9.17) is 37.0 Å². The van der Waals surface area contributed by atoms with E-state index in [2.05, 4.69) is 72.8 Å². The van der Waals surface area contributed by atoms with Gasteiger partial charge in [0.2, 0.25) is 0 Å². The van der Waals surface area contributed by atoms with Crippen LogP contribution in [-0.4, -0.2) is 96.7 Å². The van der Waals surface area contributed by atoms with Crippen molar-refractivity contribution in [2.24, 2.45) is 17.8 Å². The highest BCUT2D eigenvalue weighted by molar-refractivity contribution is 7.47. The van der Waals surface area contributed by atoms with Gasteiger partial charge in [0.05, 0.1) is 26.4 Å². The molecule has 0 aromatic rings. The second-order valence-electron chi connectivity index (χ2n) is 24.6. The second-order valence-corrected chi connectivity index (χ2v) is 27.5. The maximum absolute atomic E-state index is 13.0. The molecule has 3 N–H and O–H groups in total. The Morgan fingerprint density at radius 2 is 0.644 bits per heavy atom. The molecule has 0 fully saturated rings. The molecule has 0 saturated heterocycles. The zero-order chi connectivity index (χ0) is 64.5. The van der Waals surface area contributed by atoms with Gasteiger partial charge in [-0.15, -0.1) is 0 Å². The van der Waals surface area contributed by atoms with E-state index in [-0.39, 0.29) is 25.7 Å². The number of unbranched alkanes of at least 4 members (excludes halogenated alkanes) is 26. The molecule has 5 unspecified atom stereocenters. The van der Waals surface area contributed by atoms with Crippen LogP contribution in [0.4, 0.5) is 0 Å². The highest BCUT2D eigenvalue weighted by Gasteiger charge is 2.30. The fourth-order valence-electron chi connectivity index (χ4n) is 9.55. The van der Waals surface area contributed by atoms with Crippen molar-refractivity contribution in [2.45, 2.75) is 330 Å². The Bertz CT molecular complexity index is 1810. The Kier molecular flexibility index (Phi) is 57.0. The number of carbonyl (C=O) groups excluding carboxylic acids is 4. The molecule has 0 bridgehead atoms. The van der Waals surface area contributed by atoms with E-state index >= 15 is 0 Å². The van der Waals surface area contributed by atoms with Crippen LogP contribution in [0.25, 0.3) is 0 Å². The predicted molar refractivity (Wildman–Crippen MR) is 349 cm³/mol. The van der Waals surface area contributed by atoms with Gasteiger partial charge in [0, 0.05) is 25.7 Å². The number of phosphoric ester groups is 2. The largest absolute Gasteiger partial charge is 0.472 e. The minimum Gasteiger partial charge on any atom is -0.462 e. The van der Waals surface area contributed by atoms with Crippen LogP contribution in [0, 0.1) is 17.8 Å². The fourth-order valence-corrected chi connectivity index (χ4v) is 11.1. The summed E-state index contributed by atoms with van der Waals surface area (Å²) in [6.07, 6.45) is 43.9. The number of rotatable bonds is 64. The Labute approximate surface area is 529 Å². The number of hydrogen-bond donors (Lipinski definition) is 3. The number of carbonyl (C=O) groups is 4. The van der Waals surface area contributed by atoms with Crippen LogP contribution in [0.2, 0.25) is 0 Å². The lowest BCUT2D eigenvalue weighted by molar-refractivity contribution is -0.161. The lowest BCUT2D eigenvalue weighted by Gasteiger charge is -2.21. The molecule has 0 aromatic heterocycles. The van der Waals surface area contributed by atoms with Crippen molar-refractivity contribution < 1.29 is 80.2 Å². The Morgan fingerprint density at radius 1 is 0.368 bits per heavy atom. The van der Waals surface area contributed by atoms with Gasteiger partial charge in [-0.3, -0.25) is 37.3 Å². The summed E-state index contributed by atoms with van der Waals surface area (Å²) < 4.78 is 68.1. The van der Waals surface area contributed by atoms with E-state index in [0.29, 0.717) is 25.7 Å². The second kappa shape index (κ2) is 58.6. The van der Waals surface area contributed by atoms with Gasteiger partial charge in [0.1, 0.15) is 19.3 Å². The number of hydrogen-bond acceptors (Lipinski definition) is 15. The van der Waals surface area contributed by atoms with Gasteiger partial charge in [-0.25, -0.2) is 9.13 Å². The molecule has 0 radical (unpaired) electrons. The maximum Gasteiger partial charge on any atom is 0.472 e. The van der Waals surface area contributed by atoms with Gasteiger partial charge in [-0.05, 0) is 69.1 Å². The summed E-state index contributed by atoms with van der Waals surface area (Å²) >= 11 is 0. The monoisotopic (exact) mass is 1280 g/mol.